The summed E-state index contributed by atoms with van der Waals surface area (Å²) in [6.45, 7) is 7.08. The lowest BCUT2D eigenvalue weighted by atomic mass is 9.88. The lowest BCUT2D eigenvalue weighted by Gasteiger charge is -2.38. The molecule has 0 saturated carbocycles. The van der Waals surface area contributed by atoms with Gasteiger partial charge in [0, 0.05) is 31.3 Å². The third-order valence-electron chi connectivity index (χ3n) is 6.04. The van der Waals surface area contributed by atoms with Gasteiger partial charge in [0.05, 0.1) is 12.0 Å². The molecule has 7 nitrogen and oxygen atoms in total. The smallest absolute Gasteiger partial charge is 0.311 e. The number of β-amino-alcohol motifs (C(OH)–C–C–N with tert-alkyl or cyclic N) is 1. The molecule has 1 aromatic heterocycles. The number of rotatable bonds is 9. The second kappa shape index (κ2) is 10.0. The topological polar surface area (TPSA) is 80.5 Å². The molecule has 32 heavy (non-hydrogen) atoms. The number of carbonyl (C=O) groups excluding carboxylic acids is 1. The van der Waals surface area contributed by atoms with Gasteiger partial charge in [0.1, 0.15) is 36.0 Å². The average Bonchev–Trinajstić information content (AvgIpc) is 3.21. The molecule has 3 rings (SSSR count). The number of piperidine rings is 1. The summed E-state index contributed by atoms with van der Waals surface area (Å²) >= 11 is 0. The summed E-state index contributed by atoms with van der Waals surface area (Å²) in [5.74, 6) is -1.70. The summed E-state index contributed by atoms with van der Waals surface area (Å²) in [6, 6.07) is 3.17. The van der Waals surface area contributed by atoms with E-state index in [0.717, 1.165) is 25.0 Å². The number of carbonyl (C=O) groups is 1. The van der Waals surface area contributed by atoms with Gasteiger partial charge < -0.3 is 9.84 Å². The Bertz CT molecular complexity index is 899. The van der Waals surface area contributed by atoms with Crippen molar-refractivity contribution >= 4 is 5.97 Å². The summed E-state index contributed by atoms with van der Waals surface area (Å²) in [6.07, 6.45) is 5.52. The van der Waals surface area contributed by atoms with Gasteiger partial charge >= 0.3 is 5.97 Å². The molecule has 1 aliphatic rings. The summed E-state index contributed by atoms with van der Waals surface area (Å²) in [5, 5.41) is 15.5. The van der Waals surface area contributed by atoms with E-state index in [0.29, 0.717) is 25.9 Å². The minimum Gasteiger partial charge on any atom is -0.462 e. The summed E-state index contributed by atoms with van der Waals surface area (Å²) in [7, 11) is 0. The monoisotopic (exact) mass is 450 g/mol. The number of ether oxygens (including phenoxy) is 1. The van der Waals surface area contributed by atoms with Gasteiger partial charge in [-0.05, 0) is 39.2 Å². The van der Waals surface area contributed by atoms with Crippen LogP contribution in [-0.4, -0.2) is 56.5 Å². The number of likely N-dealkylation sites (tertiary alicyclic amines) is 1. The van der Waals surface area contributed by atoms with Gasteiger partial charge in [0.2, 0.25) is 0 Å². The molecule has 1 aliphatic heterocycles. The van der Waals surface area contributed by atoms with Gasteiger partial charge in [-0.15, -0.1) is 0 Å². The Morgan fingerprint density at radius 2 is 1.97 bits per heavy atom. The predicted molar refractivity (Wildman–Crippen MR) is 115 cm³/mol. The fourth-order valence-corrected chi connectivity index (χ4v) is 4.26. The van der Waals surface area contributed by atoms with Crippen molar-refractivity contribution in [2.45, 2.75) is 64.7 Å². The Balaban J connectivity index is 1.67. The Hall–Kier alpha value is -2.39. The normalized spacial score (nSPS) is 17.8. The second-order valence-corrected chi connectivity index (χ2v) is 9.26. The SMILES string of the molecule is CCCC(C)(C)C(=O)OC1CCN(CC(O)(Cn2cncn2)c2ccc(F)cc2F)CC1. The molecule has 1 fully saturated rings. The maximum absolute atomic E-state index is 14.6. The van der Waals surface area contributed by atoms with Crippen LogP contribution in [0.3, 0.4) is 0 Å². The van der Waals surface area contributed by atoms with Crippen LogP contribution in [0.2, 0.25) is 0 Å². The molecule has 1 unspecified atom stereocenters. The highest BCUT2D eigenvalue weighted by Gasteiger charge is 2.37. The van der Waals surface area contributed by atoms with Crippen molar-refractivity contribution < 1.29 is 23.4 Å². The minimum atomic E-state index is -1.64. The van der Waals surface area contributed by atoms with Gasteiger partial charge in [-0.25, -0.2) is 18.4 Å². The van der Waals surface area contributed by atoms with E-state index in [1.165, 1.54) is 23.4 Å². The van der Waals surface area contributed by atoms with Gasteiger partial charge in [-0.1, -0.05) is 19.4 Å². The van der Waals surface area contributed by atoms with E-state index in [-0.39, 0.29) is 30.7 Å². The first kappa shape index (κ1) is 24.3. The maximum atomic E-state index is 14.6. The van der Waals surface area contributed by atoms with E-state index in [1.807, 2.05) is 25.7 Å². The molecule has 176 valence electrons. The second-order valence-electron chi connectivity index (χ2n) is 9.26. The lowest BCUT2D eigenvalue weighted by molar-refractivity contribution is -0.162. The van der Waals surface area contributed by atoms with Crippen LogP contribution in [0, 0.1) is 17.0 Å². The molecule has 1 aromatic carbocycles. The highest BCUT2D eigenvalue weighted by atomic mass is 19.1. The molecule has 0 amide bonds. The number of halogens is 2. The van der Waals surface area contributed by atoms with Crippen molar-refractivity contribution in [1.82, 2.24) is 19.7 Å². The molecule has 1 saturated heterocycles. The van der Waals surface area contributed by atoms with Gasteiger partial charge in [-0.2, -0.15) is 5.10 Å². The van der Waals surface area contributed by atoms with Crippen LogP contribution in [0.25, 0.3) is 0 Å². The molecule has 2 heterocycles. The number of benzene rings is 1. The summed E-state index contributed by atoms with van der Waals surface area (Å²) < 4.78 is 35.2. The van der Waals surface area contributed by atoms with E-state index in [9.17, 15) is 18.7 Å². The van der Waals surface area contributed by atoms with Crippen molar-refractivity contribution in [3.63, 3.8) is 0 Å². The number of esters is 1. The van der Waals surface area contributed by atoms with Crippen molar-refractivity contribution in [2.75, 3.05) is 19.6 Å². The average molecular weight is 451 g/mol. The first-order chi connectivity index (χ1) is 15.1. The van der Waals surface area contributed by atoms with Crippen molar-refractivity contribution in [3.8, 4) is 0 Å². The third kappa shape index (κ3) is 5.89. The van der Waals surface area contributed by atoms with Gasteiger partial charge in [-0.3, -0.25) is 9.69 Å². The fraction of sp³-hybridized carbons (Fsp3) is 0.609. The zero-order valence-electron chi connectivity index (χ0n) is 18.9. The summed E-state index contributed by atoms with van der Waals surface area (Å²) in [4.78, 5) is 18.4. The molecule has 0 aliphatic carbocycles. The first-order valence-corrected chi connectivity index (χ1v) is 11.1. The molecular weight excluding hydrogens is 418 g/mol. The Morgan fingerprint density at radius 3 is 2.56 bits per heavy atom. The largest absolute Gasteiger partial charge is 0.462 e. The van der Waals surface area contributed by atoms with Gasteiger partial charge in [0.15, 0.2) is 0 Å². The van der Waals surface area contributed by atoms with Crippen LogP contribution in [0.15, 0.2) is 30.9 Å². The van der Waals surface area contributed by atoms with E-state index in [2.05, 4.69) is 10.1 Å². The van der Waals surface area contributed by atoms with Crippen LogP contribution in [0.5, 0.6) is 0 Å². The van der Waals surface area contributed by atoms with Crippen molar-refractivity contribution in [1.29, 1.82) is 0 Å². The number of aromatic nitrogens is 3. The van der Waals surface area contributed by atoms with Crippen LogP contribution < -0.4 is 0 Å². The van der Waals surface area contributed by atoms with Crippen molar-refractivity contribution in [3.05, 3.63) is 48.1 Å². The molecule has 1 N–H and O–H groups in total. The molecule has 0 spiro atoms. The Kier molecular flexibility index (Phi) is 7.61. The molecule has 0 radical (unpaired) electrons. The lowest BCUT2D eigenvalue weighted by Crippen LogP contribution is -2.48. The van der Waals surface area contributed by atoms with Crippen LogP contribution in [0.4, 0.5) is 8.78 Å². The number of hydrogen-bond donors (Lipinski definition) is 1. The zero-order valence-corrected chi connectivity index (χ0v) is 18.9. The number of aliphatic hydroxyl groups is 1. The highest BCUT2D eigenvalue weighted by Crippen LogP contribution is 2.30. The predicted octanol–water partition coefficient (Wildman–Crippen LogP) is 3.28. The Labute approximate surface area is 187 Å². The van der Waals surface area contributed by atoms with E-state index in [4.69, 9.17) is 4.74 Å². The standard InChI is InChI=1S/C23H32F2N4O3/c1-4-9-22(2,3)21(30)32-18-7-10-28(11-8-18)13-23(31,14-29-16-26-15-27-29)19-6-5-17(24)12-20(19)25/h5-6,12,15-16,18,31H,4,7-11,13-14H2,1-3H3. The quantitative estimate of drug-likeness (QED) is 0.591. The van der Waals surface area contributed by atoms with Crippen LogP contribution in [0.1, 0.15) is 52.0 Å². The minimum absolute atomic E-state index is 0.00395. The molecule has 9 heteroatoms. The fourth-order valence-electron chi connectivity index (χ4n) is 4.26. The zero-order chi connectivity index (χ0) is 23.4. The Morgan fingerprint density at radius 1 is 1.25 bits per heavy atom. The third-order valence-corrected chi connectivity index (χ3v) is 6.04. The summed E-state index contributed by atoms with van der Waals surface area (Å²) in [5.41, 5.74) is -2.15. The van der Waals surface area contributed by atoms with Crippen LogP contribution in [-0.2, 0) is 21.7 Å². The number of hydrogen-bond acceptors (Lipinski definition) is 6. The molecular formula is C23H32F2N4O3. The van der Waals surface area contributed by atoms with E-state index < -0.39 is 22.7 Å². The van der Waals surface area contributed by atoms with Crippen LogP contribution >= 0.6 is 0 Å². The highest BCUT2D eigenvalue weighted by molar-refractivity contribution is 5.76. The molecule has 2 aromatic rings. The van der Waals surface area contributed by atoms with Crippen molar-refractivity contribution in [2.24, 2.45) is 5.41 Å². The van der Waals surface area contributed by atoms with E-state index >= 15 is 0 Å². The molecule has 0 bridgehead atoms. The first-order valence-electron chi connectivity index (χ1n) is 11.1. The van der Waals surface area contributed by atoms with E-state index in [1.54, 1.807) is 0 Å². The molecule has 1 atom stereocenters. The number of nitrogens with zero attached hydrogens (tertiary/aromatic N) is 4. The maximum Gasteiger partial charge on any atom is 0.311 e. The van der Waals surface area contributed by atoms with Gasteiger partial charge in [0.25, 0.3) is 0 Å².